The molecule has 0 atom stereocenters. The van der Waals surface area contributed by atoms with Gasteiger partial charge in [-0.1, -0.05) is 36.4 Å². The lowest BCUT2D eigenvalue weighted by molar-refractivity contribution is 0.586. The average molecular weight is 322 g/mol. The highest BCUT2D eigenvalue weighted by molar-refractivity contribution is 7.92. The smallest absolute Gasteiger partial charge is 0.264 e. The Bertz CT molecular complexity index is 758. The molecule has 1 aliphatic heterocycles. The van der Waals surface area contributed by atoms with Crippen LogP contribution in [0.2, 0.25) is 0 Å². The predicted molar refractivity (Wildman–Crippen MR) is 85.3 cm³/mol. The van der Waals surface area contributed by atoms with Crippen molar-refractivity contribution in [1.82, 2.24) is 0 Å². The van der Waals surface area contributed by atoms with Crippen LogP contribution in [0.4, 0.5) is 5.69 Å². The summed E-state index contributed by atoms with van der Waals surface area (Å²) < 4.78 is 27.5. The summed E-state index contributed by atoms with van der Waals surface area (Å²) in [5.74, 6) is 0.185. The maximum Gasteiger partial charge on any atom is 0.264 e. The number of halogens is 1. The number of hydrogen-bond acceptors (Lipinski definition) is 2. The van der Waals surface area contributed by atoms with E-state index < -0.39 is 10.0 Å². The maximum atomic E-state index is 13.0. The number of para-hydroxylation sites is 1. The van der Waals surface area contributed by atoms with Crippen LogP contribution in [0.15, 0.2) is 53.4 Å². The predicted octanol–water partition coefficient (Wildman–Crippen LogP) is 3.57. The van der Waals surface area contributed by atoms with Crippen molar-refractivity contribution in [2.24, 2.45) is 0 Å². The van der Waals surface area contributed by atoms with E-state index in [1.807, 2.05) is 24.3 Å². The SMILES string of the molecule is O=S(=O)(c1ccccc1CCl)N1CCCc2ccccc21. The van der Waals surface area contributed by atoms with E-state index in [9.17, 15) is 8.42 Å². The van der Waals surface area contributed by atoms with Crippen LogP contribution < -0.4 is 4.31 Å². The van der Waals surface area contributed by atoms with Crippen LogP contribution in [0.3, 0.4) is 0 Å². The molecule has 0 N–H and O–H groups in total. The molecule has 0 amide bonds. The molecule has 0 aliphatic carbocycles. The number of benzene rings is 2. The molecule has 0 fully saturated rings. The molecule has 2 aromatic rings. The van der Waals surface area contributed by atoms with E-state index in [1.54, 1.807) is 24.3 Å². The lowest BCUT2D eigenvalue weighted by Gasteiger charge is -2.31. The molecule has 0 bridgehead atoms. The molecule has 0 saturated heterocycles. The first-order valence-electron chi connectivity index (χ1n) is 6.89. The van der Waals surface area contributed by atoms with Crippen LogP contribution in [-0.4, -0.2) is 15.0 Å². The number of anilines is 1. The van der Waals surface area contributed by atoms with E-state index in [4.69, 9.17) is 11.6 Å². The Balaban J connectivity index is 2.12. The van der Waals surface area contributed by atoms with E-state index in [0.29, 0.717) is 17.0 Å². The van der Waals surface area contributed by atoms with E-state index in [1.165, 1.54) is 4.31 Å². The van der Waals surface area contributed by atoms with Crippen LogP contribution >= 0.6 is 11.6 Å². The van der Waals surface area contributed by atoms with Crippen LogP contribution in [-0.2, 0) is 22.3 Å². The first-order valence-corrected chi connectivity index (χ1v) is 8.86. The number of sulfonamides is 1. The highest BCUT2D eigenvalue weighted by Gasteiger charge is 2.30. The van der Waals surface area contributed by atoms with Gasteiger partial charge in [-0.05, 0) is 36.1 Å². The summed E-state index contributed by atoms with van der Waals surface area (Å²) in [5.41, 5.74) is 2.51. The molecule has 0 saturated carbocycles. The van der Waals surface area contributed by atoms with Crippen molar-refractivity contribution >= 4 is 27.3 Å². The number of aryl methyl sites for hydroxylation is 1. The number of hydrogen-bond donors (Lipinski definition) is 0. The summed E-state index contributed by atoms with van der Waals surface area (Å²) in [6.07, 6.45) is 1.75. The molecule has 21 heavy (non-hydrogen) atoms. The van der Waals surface area contributed by atoms with Crippen molar-refractivity contribution in [2.75, 3.05) is 10.8 Å². The highest BCUT2D eigenvalue weighted by Crippen LogP contribution is 2.32. The van der Waals surface area contributed by atoms with Crippen LogP contribution in [0, 0.1) is 0 Å². The van der Waals surface area contributed by atoms with Crippen molar-refractivity contribution in [3.8, 4) is 0 Å². The Morgan fingerprint density at radius 3 is 2.57 bits per heavy atom. The third-order valence-corrected chi connectivity index (χ3v) is 5.95. The van der Waals surface area contributed by atoms with Gasteiger partial charge in [-0.25, -0.2) is 8.42 Å². The Hall–Kier alpha value is -1.52. The molecular weight excluding hydrogens is 306 g/mol. The summed E-state index contributed by atoms with van der Waals surface area (Å²) in [5, 5.41) is 0. The molecule has 0 aromatic heterocycles. The summed E-state index contributed by atoms with van der Waals surface area (Å²) in [6, 6.07) is 14.6. The molecule has 3 nitrogen and oxygen atoms in total. The van der Waals surface area contributed by atoms with Gasteiger partial charge in [0.1, 0.15) is 0 Å². The molecule has 0 radical (unpaired) electrons. The normalized spacial score (nSPS) is 14.8. The Morgan fingerprint density at radius 1 is 1.05 bits per heavy atom. The fraction of sp³-hybridized carbons (Fsp3) is 0.250. The topological polar surface area (TPSA) is 37.4 Å². The molecule has 1 heterocycles. The van der Waals surface area contributed by atoms with Crippen molar-refractivity contribution in [1.29, 1.82) is 0 Å². The minimum absolute atomic E-state index is 0.185. The van der Waals surface area contributed by atoms with Gasteiger partial charge in [0, 0.05) is 12.4 Å². The molecule has 3 rings (SSSR count). The van der Waals surface area contributed by atoms with Gasteiger partial charge in [0.05, 0.1) is 10.6 Å². The summed E-state index contributed by atoms with van der Waals surface area (Å²) in [7, 11) is -3.57. The zero-order chi connectivity index (χ0) is 14.9. The minimum atomic E-state index is -3.57. The standard InChI is InChI=1S/C16H16ClNO2S/c17-12-14-7-2-4-10-16(14)21(19,20)18-11-5-8-13-6-1-3-9-15(13)18/h1-4,6-7,9-10H,5,8,11-12H2. The van der Waals surface area contributed by atoms with Gasteiger partial charge in [-0.2, -0.15) is 0 Å². The van der Waals surface area contributed by atoms with Gasteiger partial charge in [0.25, 0.3) is 10.0 Å². The molecule has 1 aliphatic rings. The van der Waals surface area contributed by atoms with Crippen molar-refractivity contribution < 1.29 is 8.42 Å². The third kappa shape index (κ3) is 2.54. The number of nitrogens with zero attached hydrogens (tertiary/aromatic N) is 1. The van der Waals surface area contributed by atoms with Crippen molar-refractivity contribution in [2.45, 2.75) is 23.6 Å². The van der Waals surface area contributed by atoms with E-state index in [2.05, 4.69) is 0 Å². The van der Waals surface area contributed by atoms with Crippen molar-refractivity contribution in [3.05, 3.63) is 59.7 Å². The van der Waals surface area contributed by atoms with Crippen molar-refractivity contribution in [3.63, 3.8) is 0 Å². The average Bonchev–Trinajstić information content (AvgIpc) is 2.54. The Kier molecular flexibility index (Phi) is 3.91. The quantitative estimate of drug-likeness (QED) is 0.810. The minimum Gasteiger partial charge on any atom is -0.266 e. The van der Waals surface area contributed by atoms with Gasteiger partial charge in [-0.3, -0.25) is 4.31 Å². The lowest BCUT2D eigenvalue weighted by Crippen LogP contribution is -2.35. The lowest BCUT2D eigenvalue weighted by atomic mass is 10.0. The molecule has 0 unspecified atom stereocenters. The van der Waals surface area contributed by atoms with E-state index >= 15 is 0 Å². The van der Waals surface area contributed by atoms with E-state index in [0.717, 1.165) is 24.1 Å². The van der Waals surface area contributed by atoms with Gasteiger partial charge in [-0.15, -0.1) is 11.6 Å². The van der Waals surface area contributed by atoms with Crippen LogP contribution in [0.1, 0.15) is 17.5 Å². The van der Waals surface area contributed by atoms with Crippen LogP contribution in [0.5, 0.6) is 0 Å². The molecular formula is C16H16ClNO2S. The fourth-order valence-electron chi connectivity index (χ4n) is 2.73. The number of fused-ring (bicyclic) bond motifs is 1. The first-order chi connectivity index (χ1) is 10.1. The van der Waals surface area contributed by atoms with Gasteiger partial charge in [0.2, 0.25) is 0 Å². The van der Waals surface area contributed by atoms with Gasteiger partial charge >= 0.3 is 0 Å². The molecule has 5 heteroatoms. The number of alkyl halides is 1. The maximum absolute atomic E-state index is 13.0. The summed E-state index contributed by atoms with van der Waals surface area (Å²) >= 11 is 5.89. The summed E-state index contributed by atoms with van der Waals surface area (Å²) in [4.78, 5) is 0.303. The van der Waals surface area contributed by atoms with Gasteiger partial charge < -0.3 is 0 Å². The second kappa shape index (κ2) is 5.70. The highest BCUT2D eigenvalue weighted by atomic mass is 35.5. The first kappa shape index (κ1) is 14.4. The largest absolute Gasteiger partial charge is 0.266 e. The Labute approximate surface area is 130 Å². The second-order valence-corrected chi connectivity index (χ2v) is 7.15. The van der Waals surface area contributed by atoms with E-state index in [-0.39, 0.29) is 5.88 Å². The Morgan fingerprint density at radius 2 is 1.76 bits per heavy atom. The molecule has 2 aromatic carbocycles. The zero-order valence-corrected chi connectivity index (χ0v) is 13.1. The monoisotopic (exact) mass is 321 g/mol. The second-order valence-electron chi connectivity index (χ2n) is 5.05. The summed E-state index contributed by atoms with van der Waals surface area (Å²) in [6.45, 7) is 0.510. The fourth-order valence-corrected chi connectivity index (χ4v) is 4.81. The van der Waals surface area contributed by atoms with Crippen LogP contribution in [0.25, 0.3) is 0 Å². The third-order valence-electron chi connectivity index (χ3n) is 3.75. The zero-order valence-electron chi connectivity index (χ0n) is 11.5. The van der Waals surface area contributed by atoms with Gasteiger partial charge in [0.15, 0.2) is 0 Å². The number of rotatable bonds is 3. The molecule has 110 valence electrons. The molecule has 0 spiro atoms.